The second kappa shape index (κ2) is 7.16. The number of carbonyl (C=O) groups excluding carboxylic acids is 1. The Labute approximate surface area is 162 Å². The number of amides is 1. The molecule has 0 aromatic rings. The van der Waals surface area contributed by atoms with Gasteiger partial charge in [-0.2, -0.15) is 0 Å². The molecule has 1 spiro atoms. The normalized spacial score (nSPS) is 34.7. The molecule has 3 fully saturated rings. The SMILES string of the molecule is O=C1N/C(=C\N2CCOCC2)NC2=C1C1(CCCCC1)CC1CCCCC21. The number of allylic oxidation sites excluding steroid dienone is 1. The van der Waals surface area contributed by atoms with Crippen molar-refractivity contribution < 1.29 is 9.53 Å². The third kappa shape index (κ3) is 3.18. The number of ether oxygens (including phenoxy) is 1. The van der Waals surface area contributed by atoms with E-state index in [4.69, 9.17) is 4.74 Å². The van der Waals surface area contributed by atoms with E-state index in [1.807, 2.05) is 0 Å². The van der Waals surface area contributed by atoms with Gasteiger partial charge in [-0.3, -0.25) is 4.79 Å². The van der Waals surface area contributed by atoms with Gasteiger partial charge in [-0.25, -0.2) is 0 Å². The number of rotatable bonds is 1. The van der Waals surface area contributed by atoms with E-state index in [-0.39, 0.29) is 11.3 Å². The number of hydrogen-bond donors (Lipinski definition) is 2. The quantitative estimate of drug-likeness (QED) is 0.743. The molecule has 5 aliphatic rings. The van der Waals surface area contributed by atoms with Crippen LogP contribution in [0.3, 0.4) is 0 Å². The van der Waals surface area contributed by atoms with Crippen LogP contribution in [0.15, 0.2) is 23.3 Å². The minimum absolute atomic E-state index is 0.133. The highest BCUT2D eigenvalue weighted by atomic mass is 16.5. The first-order valence-electron chi connectivity index (χ1n) is 11.1. The van der Waals surface area contributed by atoms with E-state index in [1.54, 1.807) is 0 Å². The summed E-state index contributed by atoms with van der Waals surface area (Å²) in [4.78, 5) is 15.6. The summed E-state index contributed by atoms with van der Waals surface area (Å²) in [5.41, 5.74) is 2.55. The first-order chi connectivity index (χ1) is 13.3. The van der Waals surface area contributed by atoms with Gasteiger partial charge in [0.05, 0.1) is 13.2 Å². The fourth-order valence-electron chi connectivity index (χ4n) is 6.42. The first kappa shape index (κ1) is 17.6. The van der Waals surface area contributed by atoms with Crippen LogP contribution < -0.4 is 10.6 Å². The number of carbonyl (C=O) groups is 1. The lowest BCUT2D eigenvalue weighted by Gasteiger charge is -2.52. The largest absolute Gasteiger partial charge is 0.378 e. The van der Waals surface area contributed by atoms with Gasteiger partial charge in [0.15, 0.2) is 0 Å². The van der Waals surface area contributed by atoms with Crippen LogP contribution in [0.2, 0.25) is 0 Å². The number of fused-ring (bicyclic) bond motifs is 3. The number of hydrogen-bond acceptors (Lipinski definition) is 4. The highest BCUT2D eigenvalue weighted by Gasteiger charge is 2.51. The van der Waals surface area contributed by atoms with E-state index in [0.717, 1.165) is 43.6 Å². The molecular formula is C22H33N3O2. The Bertz CT molecular complexity index is 656. The van der Waals surface area contributed by atoms with Gasteiger partial charge in [-0.15, -0.1) is 0 Å². The van der Waals surface area contributed by atoms with Crippen molar-refractivity contribution in [1.82, 2.24) is 15.5 Å². The fourth-order valence-corrected chi connectivity index (χ4v) is 6.42. The van der Waals surface area contributed by atoms with Gasteiger partial charge in [0.1, 0.15) is 5.82 Å². The Kier molecular flexibility index (Phi) is 4.66. The van der Waals surface area contributed by atoms with E-state index in [1.165, 1.54) is 69.9 Å². The van der Waals surface area contributed by atoms with Crippen molar-refractivity contribution in [3.8, 4) is 0 Å². The smallest absolute Gasteiger partial charge is 0.255 e. The monoisotopic (exact) mass is 371 g/mol. The molecule has 0 aromatic carbocycles. The Morgan fingerprint density at radius 3 is 2.59 bits per heavy atom. The maximum Gasteiger partial charge on any atom is 0.255 e. The third-order valence-electron chi connectivity index (χ3n) is 7.65. The number of nitrogens with one attached hydrogen (secondary N) is 2. The molecule has 0 bridgehead atoms. The average Bonchev–Trinajstić information content (AvgIpc) is 2.69. The lowest BCUT2D eigenvalue weighted by atomic mass is 9.55. The average molecular weight is 372 g/mol. The summed E-state index contributed by atoms with van der Waals surface area (Å²) in [7, 11) is 0. The molecule has 148 valence electrons. The van der Waals surface area contributed by atoms with Crippen molar-refractivity contribution in [2.45, 2.75) is 64.2 Å². The summed E-state index contributed by atoms with van der Waals surface area (Å²) in [5, 5.41) is 6.93. The molecule has 5 nitrogen and oxygen atoms in total. The molecule has 0 radical (unpaired) electrons. The molecule has 0 aromatic heterocycles. The van der Waals surface area contributed by atoms with Gasteiger partial charge in [-0.05, 0) is 38.0 Å². The van der Waals surface area contributed by atoms with Crippen LogP contribution in [0.25, 0.3) is 0 Å². The van der Waals surface area contributed by atoms with E-state index in [2.05, 4.69) is 21.7 Å². The van der Waals surface area contributed by atoms with Gasteiger partial charge in [0.2, 0.25) is 0 Å². The zero-order valence-electron chi connectivity index (χ0n) is 16.4. The van der Waals surface area contributed by atoms with Crippen molar-refractivity contribution in [1.29, 1.82) is 0 Å². The molecule has 5 rings (SSSR count). The summed E-state index contributed by atoms with van der Waals surface area (Å²) in [5.74, 6) is 2.37. The highest BCUT2D eigenvalue weighted by molar-refractivity contribution is 5.98. The standard InChI is InChI=1S/C22H33N3O2/c26-21-19-20(23-18(24-21)15-25-10-12-27-13-11-25)17-7-3-2-6-16(17)14-22(19)8-4-1-5-9-22/h15-17,23H,1-14H2,(H,24,26)/b18-15-. The topological polar surface area (TPSA) is 53.6 Å². The molecule has 2 N–H and O–H groups in total. The summed E-state index contributed by atoms with van der Waals surface area (Å²) < 4.78 is 5.45. The van der Waals surface area contributed by atoms with Gasteiger partial charge in [0.25, 0.3) is 5.91 Å². The molecule has 1 saturated heterocycles. The maximum absolute atomic E-state index is 13.3. The molecule has 27 heavy (non-hydrogen) atoms. The zero-order valence-corrected chi connectivity index (χ0v) is 16.4. The van der Waals surface area contributed by atoms with Crippen molar-refractivity contribution in [3.63, 3.8) is 0 Å². The van der Waals surface area contributed by atoms with Crippen LogP contribution in [-0.2, 0) is 9.53 Å². The van der Waals surface area contributed by atoms with Gasteiger partial charge >= 0.3 is 0 Å². The Morgan fingerprint density at radius 2 is 1.78 bits per heavy atom. The molecule has 2 saturated carbocycles. The van der Waals surface area contributed by atoms with Crippen molar-refractivity contribution in [3.05, 3.63) is 23.3 Å². The molecule has 3 aliphatic carbocycles. The lowest BCUT2D eigenvalue weighted by molar-refractivity contribution is -0.119. The highest BCUT2D eigenvalue weighted by Crippen LogP contribution is 2.57. The van der Waals surface area contributed by atoms with Crippen LogP contribution in [-0.4, -0.2) is 37.1 Å². The second-order valence-corrected chi connectivity index (χ2v) is 9.26. The molecule has 2 heterocycles. The van der Waals surface area contributed by atoms with Crippen LogP contribution >= 0.6 is 0 Å². The summed E-state index contributed by atoms with van der Waals surface area (Å²) in [6, 6.07) is 0. The summed E-state index contributed by atoms with van der Waals surface area (Å²) >= 11 is 0. The Balaban J connectivity index is 1.50. The molecule has 2 unspecified atom stereocenters. The van der Waals surface area contributed by atoms with Gasteiger partial charge < -0.3 is 20.3 Å². The van der Waals surface area contributed by atoms with Crippen LogP contribution in [0.1, 0.15) is 64.2 Å². The summed E-state index contributed by atoms with van der Waals surface area (Å²) in [6.45, 7) is 3.31. The third-order valence-corrected chi connectivity index (χ3v) is 7.65. The van der Waals surface area contributed by atoms with Crippen molar-refractivity contribution >= 4 is 5.91 Å². The number of nitrogens with zero attached hydrogens (tertiary/aromatic N) is 1. The van der Waals surface area contributed by atoms with Crippen LogP contribution in [0, 0.1) is 17.3 Å². The van der Waals surface area contributed by atoms with E-state index in [0.29, 0.717) is 5.92 Å². The maximum atomic E-state index is 13.3. The lowest BCUT2D eigenvalue weighted by Crippen LogP contribution is -2.52. The van der Waals surface area contributed by atoms with E-state index in [9.17, 15) is 4.79 Å². The Hall–Kier alpha value is -1.49. The minimum atomic E-state index is 0.133. The predicted octanol–water partition coefficient (Wildman–Crippen LogP) is 3.25. The van der Waals surface area contributed by atoms with Crippen LogP contribution in [0.4, 0.5) is 0 Å². The van der Waals surface area contributed by atoms with Gasteiger partial charge in [-0.1, -0.05) is 32.1 Å². The predicted molar refractivity (Wildman–Crippen MR) is 104 cm³/mol. The Morgan fingerprint density at radius 1 is 1.00 bits per heavy atom. The van der Waals surface area contributed by atoms with Gasteiger partial charge in [0, 0.05) is 41.9 Å². The van der Waals surface area contributed by atoms with Crippen LogP contribution in [0.5, 0.6) is 0 Å². The number of morpholine rings is 1. The molecule has 2 aliphatic heterocycles. The van der Waals surface area contributed by atoms with E-state index >= 15 is 0 Å². The molecule has 5 heteroatoms. The molecule has 1 amide bonds. The fraction of sp³-hybridized carbons (Fsp3) is 0.773. The summed E-state index contributed by atoms with van der Waals surface area (Å²) in [6.07, 6.45) is 14.9. The van der Waals surface area contributed by atoms with Crippen molar-refractivity contribution in [2.24, 2.45) is 17.3 Å². The molecular weight excluding hydrogens is 338 g/mol. The van der Waals surface area contributed by atoms with E-state index < -0.39 is 0 Å². The zero-order chi connectivity index (χ0) is 18.3. The minimum Gasteiger partial charge on any atom is -0.378 e. The first-order valence-corrected chi connectivity index (χ1v) is 11.1. The second-order valence-electron chi connectivity index (χ2n) is 9.26. The molecule has 2 atom stereocenters. The van der Waals surface area contributed by atoms with Crippen molar-refractivity contribution in [2.75, 3.05) is 26.3 Å².